The average Bonchev–Trinajstić information content (AvgIpc) is 3.45. The zero-order valence-electron chi connectivity index (χ0n) is 19.6. The van der Waals surface area contributed by atoms with Gasteiger partial charge in [-0.3, -0.25) is 9.36 Å². The van der Waals surface area contributed by atoms with Crippen LogP contribution in [0.5, 0.6) is 5.75 Å². The van der Waals surface area contributed by atoms with Crippen LogP contribution in [-0.4, -0.2) is 73.8 Å². The largest absolute Gasteiger partial charge is 0.497 e. The fourth-order valence-corrected chi connectivity index (χ4v) is 4.32. The summed E-state index contributed by atoms with van der Waals surface area (Å²) in [5, 5.41) is 21.0. The number of methoxy groups -OCH3 is 1. The molecule has 4 aromatic rings. The molecule has 1 fully saturated rings. The molecular formula is C23H24N6O8. The average molecular weight is 512 g/mol. The number of hydrogen-bond acceptors (Lipinski definition) is 13. The maximum Gasteiger partial charge on any atom is 0.336 e. The standard InChI is InChI=1S/C23H24N6O8/c1-34-11-2-3-12-10(5-16(31)35-14(12)6-11)4-13(24)23(33)37-19-18(32)15(7-30)36-22(19)29-9-28-17-20(25)26-8-27-21(17)29/h2-3,5-6,8-9,13,15,18-19,22,30,32H,4,7,24H2,1H3,(H2,25,26,27)/t13?,15-,18-,19+,22-/m0/s1. The maximum absolute atomic E-state index is 13.0. The minimum Gasteiger partial charge on any atom is -0.497 e. The molecule has 37 heavy (non-hydrogen) atoms. The third-order valence-corrected chi connectivity index (χ3v) is 6.19. The minimum absolute atomic E-state index is 0.0528. The highest BCUT2D eigenvalue weighted by atomic mass is 16.6. The number of anilines is 1. The number of nitrogens with zero attached hydrogens (tertiary/aromatic N) is 4. The fourth-order valence-electron chi connectivity index (χ4n) is 4.32. The van der Waals surface area contributed by atoms with Gasteiger partial charge >= 0.3 is 11.6 Å². The van der Waals surface area contributed by atoms with E-state index in [2.05, 4.69) is 15.0 Å². The van der Waals surface area contributed by atoms with Gasteiger partial charge in [0.05, 0.1) is 20.0 Å². The molecular weight excluding hydrogens is 488 g/mol. The van der Waals surface area contributed by atoms with Gasteiger partial charge in [-0.05, 0) is 24.1 Å². The maximum atomic E-state index is 13.0. The van der Waals surface area contributed by atoms with E-state index in [4.69, 9.17) is 30.1 Å². The monoisotopic (exact) mass is 512 g/mol. The first kappa shape index (κ1) is 24.6. The number of aliphatic hydroxyl groups is 2. The van der Waals surface area contributed by atoms with Crippen molar-refractivity contribution in [2.24, 2.45) is 5.73 Å². The molecule has 3 aromatic heterocycles. The summed E-state index contributed by atoms with van der Waals surface area (Å²) in [7, 11) is 1.49. The number of carbonyl (C=O) groups is 1. The lowest BCUT2D eigenvalue weighted by molar-refractivity contribution is -0.160. The Morgan fingerprint density at radius 3 is 2.84 bits per heavy atom. The van der Waals surface area contributed by atoms with E-state index in [-0.39, 0.29) is 23.5 Å². The Balaban J connectivity index is 1.40. The highest BCUT2D eigenvalue weighted by Crippen LogP contribution is 2.34. The minimum atomic E-state index is -1.38. The summed E-state index contributed by atoms with van der Waals surface area (Å²) in [5.74, 6) is -0.228. The van der Waals surface area contributed by atoms with Gasteiger partial charge in [-0.25, -0.2) is 19.7 Å². The molecule has 0 saturated carbocycles. The number of aromatic nitrogens is 4. The predicted octanol–water partition coefficient (Wildman–Crippen LogP) is -0.744. The number of imidazole rings is 1. The van der Waals surface area contributed by atoms with Gasteiger partial charge in [-0.15, -0.1) is 0 Å². The molecule has 6 N–H and O–H groups in total. The lowest BCUT2D eigenvalue weighted by atomic mass is 10.0. The first-order valence-electron chi connectivity index (χ1n) is 11.2. The number of hydrogen-bond donors (Lipinski definition) is 4. The molecule has 0 spiro atoms. The second-order valence-corrected chi connectivity index (χ2v) is 8.49. The molecule has 5 rings (SSSR count). The molecule has 0 radical (unpaired) electrons. The summed E-state index contributed by atoms with van der Waals surface area (Å²) in [6.07, 6.45) is -2.23. The molecule has 0 bridgehead atoms. The molecule has 5 atom stereocenters. The van der Waals surface area contributed by atoms with Crippen molar-refractivity contribution in [2.45, 2.75) is 37.0 Å². The molecule has 0 aliphatic carbocycles. The smallest absolute Gasteiger partial charge is 0.336 e. The van der Waals surface area contributed by atoms with Crippen LogP contribution in [0.15, 0.2) is 46.1 Å². The molecule has 1 aromatic carbocycles. The van der Waals surface area contributed by atoms with Crippen molar-refractivity contribution in [3.05, 3.63) is 52.9 Å². The summed E-state index contributed by atoms with van der Waals surface area (Å²) < 4.78 is 23.2. The third-order valence-electron chi connectivity index (χ3n) is 6.19. The molecule has 4 heterocycles. The Bertz CT molecular complexity index is 1520. The summed E-state index contributed by atoms with van der Waals surface area (Å²) in [6, 6.07) is 4.99. The van der Waals surface area contributed by atoms with Crippen LogP contribution >= 0.6 is 0 Å². The number of carbonyl (C=O) groups excluding carboxylic acids is 1. The third kappa shape index (κ3) is 4.46. The van der Waals surface area contributed by atoms with E-state index in [1.165, 1.54) is 30.4 Å². The predicted molar refractivity (Wildman–Crippen MR) is 127 cm³/mol. The Kier molecular flexibility index (Phi) is 6.47. The lowest BCUT2D eigenvalue weighted by Gasteiger charge is -2.23. The van der Waals surface area contributed by atoms with Gasteiger partial charge in [0.25, 0.3) is 0 Å². The van der Waals surface area contributed by atoms with Crippen LogP contribution in [0.3, 0.4) is 0 Å². The number of aliphatic hydroxyl groups excluding tert-OH is 2. The van der Waals surface area contributed by atoms with E-state index in [0.717, 1.165) is 0 Å². The first-order valence-corrected chi connectivity index (χ1v) is 11.2. The van der Waals surface area contributed by atoms with Crippen molar-refractivity contribution in [2.75, 3.05) is 19.5 Å². The number of ether oxygens (including phenoxy) is 3. The summed E-state index contributed by atoms with van der Waals surface area (Å²) in [6.45, 7) is -0.531. The molecule has 194 valence electrons. The zero-order chi connectivity index (χ0) is 26.3. The van der Waals surface area contributed by atoms with Crippen molar-refractivity contribution in [3.8, 4) is 5.75 Å². The van der Waals surface area contributed by atoms with E-state index >= 15 is 0 Å². The van der Waals surface area contributed by atoms with Gasteiger partial charge in [0.1, 0.15) is 41.4 Å². The van der Waals surface area contributed by atoms with Crippen molar-refractivity contribution < 1.29 is 33.6 Å². The molecule has 0 amide bonds. The number of fused-ring (bicyclic) bond motifs is 2. The molecule has 1 aliphatic rings. The van der Waals surface area contributed by atoms with Gasteiger partial charge in [0.15, 0.2) is 23.8 Å². The Morgan fingerprint density at radius 2 is 2.08 bits per heavy atom. The SMILES string of the molecule is COc1ccc2c(CC(N)C(=O)O[C@@H]3[C@@H](O)[C@H](CO)O[C@@H]3n3cnc4c(N)ncnc43)cc(=O)oc2c1. The first-order chi connectivity index (χ1) is 17.8. The van der Waals surface area contributed by atoms with Gasteiger partial charge in [0.2, 0.25) is 0 Å². The van der Waals surface area contributed by atoms with Crippen LogP contribution in [0.1, 0.15) is 11.8 Å². The van der Waals surface area contributed by atoms with Crippen molar-refractivity contribution in [3.63, 3.8) is 0 Å². The van der Waals surface area contributed by atoms with Gasteiger partial charge in [0, 0.05) is 17.5 Å². The van der Waals surface area contributed by atoms with Crippen LogP contribution < -0.4 is 21.8 Å². The van der Waals surface area contributed by atoms with Crippen LogP contribution in [0.25, 0.3) is 22.1 Å². The Morgan fingerprint density at radius 1 is 1.27 bits per heavy atom. The second kappa shape index (κ2) is 9.74. The molecule has 1 aliphatic heterocycles. The molecule has 14 heteroatoms. The Labute approximate surface area is 208 Å². The molecule has 1 saturated heterocycles. The van der Waals surface area contributed by atoms with Crippen molar-refractivity contribution >= 4 is 33.9 Å². The van der Waals surface area contributed by atoms with E-state index in [1.54, 1.807) is 18.2 Å². The molecule has 14 nitrogen and oxygen atoms in total. The summed E-state index contributed by atoms with van der Waals surface area (Å²) in [5.41, 5.74) is 12.7. The summed E-state index contributed by atoms with van der Waals surface area (Å²) in [4.78, 5) is 37.3. The lowest BCUT2D eigenvalue weighted by Crippen LogP contribution is -2.42. The summed E-state index contributed by atoms with van der Waals surface area (Å²) >= 11 is 0. The quantitative estimate of drug-likeness (QED) is 0.178. The van der Waals surface area contributed by atoms with Crippen LogP contribution in [0, 0.1) is 0 Å². The van der Waals surface area contributed by atoms with E-state index < -0.39 is 48.8 Å². The highest BCUT2D eigenvalue weighted by Gasteiger charge is 2.48. The number of rotatable bonds is 7. The van der Waals surface area contributed by atoms with Crippen LogP contribution in [0.2, 0.25) is 0 Å². The van der Waals surface area contributed by atoms with Gasteiger partial charge in [-0.2, -0.15) is 0 Å². The van der Waals surface area contributed by atoms with E-state index in [0.29, 0.717) is 22.2 Å². The zero-order valence-corrected chi connectivity index (χ0v) is 19.6. The van der Waals surface area contributed by atoms with Gasteiger partial charge < -0.3 is 40.3 Å². The fraction of sp³-hybridized carbons (Fsp3) is 0.348. The highest BCUT2D eigenvalue weighted by molar-refractivity contribution is 5.83. The number of nitrogen functional groups attached to an aromatic ring is 1. The van der Waals surface area contributed by atoms with Crippen molar-refractivity contribution in [1.29, 1.82) is 0 Å². The van der Waals surface area contributed by atoms with Gasteiger partial charge in [-0.1, -0.05) is 0 Å². The van der Waals surface area contributed by atoms with Crippen LogP contribution in [0.4, 0.5) is 5.82 Å². The Hall–Kier alpha value is -4.11. The van der Waals surface area contributed by atoms with Crippen LogP contribution in [-0.2, 0) is 20.7 Å². The van der Waals surface area contributed by atoms with E-state index in [1.807, 2.05) is 0 Å². The normalized spacial score (nSPS) is 22.4. The van der Waals surface area contributed by atoms with E-state index in [9.17, 15) is 19.8 Å². The number of esters is 1. The van der Waals surface area contributed by atoms with Crippen molar-refractivity contribution in [1.82, 2.24) is 19.5 Å². The number of nitrogens with two attached hydrogens (primary N) is 2. The number of benzene rings is 1. The second-order valence-electron chi connectivity index (χ2n) is 8.49. The molecule has 1 unspecified atom stereocenters. The topological polar surface area (TPSA) is 211 Å².